The molecule has 12 bridgehead atoms. The summed E-state index contributed by atoms with van der Waals surface area (Å²) >= 11 is 0. The zero-order valence-corrected chi connectivity index (χ0v) is 46.8. The number of carbonyl (C=O) groups is 1. The van der Waals surface area contributed by atoms with Crippen molar-refractivity contribution >= 4 is 5.97 Å². The molecule has 32 atom stereocenters. The molecule has 16 fully saturated rings. The lowest BCUT2D eigenvalue weighted by atomic mass is 9.79. The third-order valence-corrected chi connectivity index (χ3v) is 22.1. The van der Waals surface area contributed by atoms with E-state index in [1.54, 1.807) is 0 Å². The Balaban J connectivity index is 0.661. The summed E-state index contributed by atoms with van der Waals surface area (Å²) in [5.41, 5.74) is 2.01. The molecule has 0 saturated carbocycles. The molecular weight excluding hydrogens is 1040 g/mol. The van der Waals surface area contributed by atoms with Gasteiger partial charge < -0.3 is 91.5 Å². The van der Waals surface area contributed by atoms with Crippen molar-refractivity contribution in [2.45, 2.75) is 313 Å². The molecule has 0 aliphatic carbocycles. The van der Waals surface area contributed by atoms with Crippen LogP contribution in [0.15, 0.2) is 24.3 Å². The van der Waals surface area contributed by atoms with Crippen LogP contribution in [0.25, 0.3) is 0 Å². The van der Waals surface area contributed by atoms with Gasteiger partial charge in [0.1, 0.15) is 36.6 Å². The number of carbonyl (C=O) groups excluding carboxylic acids is 1. The van der Waals surface area contributed by atoms with Crippen LogP contribution in [0.2, 0.25) is 0 Å². The van der Waals surface area contributed by atoms with Gasteiger partial charge in [-0.3, -0.25) is 4.79 Å². The van der Waals surface area contributed by atoms with Gasteiger partial charge in [-0.15, -0.1) is 0 Å². The Kier molecular flexibility index (Phi) is 13.8. The maximum Gasteiger partial charge on any atom is 0.308 e. The van der Waals surface area contributed by atoms with Crippen LogP contribution in [0.1, 0.15) is 143 Å². The largest absolute Gasteiger partial charge is 0.459 e. The highest BCUT2D eigenvalue weighted by molar-refractivity contribution is 5.70. The number of rotatable bonds is 4. The molecule has 4 N–H and O–H groups in total. The van der Waals surface area contributed by atoms with Gasteiger partial charge in [0, 0.05) is 57.3 Å². The summed E-state index contributed by atoms with van der Waals surface area (Å²) in [6.45, 7) is 17.5. The highest BCUT2D eigenvalue weighted by atomic mass is 16.8. The average Bonchev–Trinajstić information content (AvgIpc) is 4.12. The van der Waals surface area contributed by atoms with Crippen LogP contribution in [0.4, 0.5) is 0 Å². The van der Waals surface area contributed by atoms with Crippen molar-refractivity contribution in [2.24, 2.45) is 23.7 Å². The summed E-state index contributed by atoms with van der Waals surface area (Å²) in [4.78, 5) is 14.6. The van der Waals surface area contributed by atoms with E-state index in [4.69, 9.17) is 71.1 Å². The van der Waals surface area contributed by atoms with Crippen molar-refractivity contribution in [3.63, 3.8) is 0 Å². The van der Waals surface area contributed by atoms with E-state index in [0.29, 0.717) is 77.0 Å². The minimum Gasteiger partial charge on any atom is -0.459 e. The van der Waals surface area contributed by atoms with Crippen LogP contribution in [-0.4, -0.2) is 203 Å². The van der Waals surface area contributed by atoms with Crippen LogP contribution in [0, 0.1) is 23.7 Å². The van der Waals surface area contributed by atoms with Crippen molar-refractivity contribution in [1.29, 1.82) is 0 Å². The second kappa shape index (κ2) is 20.2. The Morgan fingerprint density at radius 2 is 1.29 bits per heavy atom. The molecule has 0 aromatic heterocycles. The zero-order chi connectivity index (χ0) is 54.9. The van der Waals surface area contributed by atoms with Crippen LogP contribution < -0.4 is 0 Å². The van der Waals surface area contributed by atoms with Gasteiger partial charge in [-0.1, -0.05) is 40.9 Å². The molecule has 446 valence electrons. The molecule has 16 rings (SSSR count). The minimum atomic E-state index is -2.03. The van der Waals surface area contributed by atoms with Crippen molar-refractivity contribution in [2.75, 3.05) is 6.61 Å². The molecule has 20 nitrogen and oxygen atoms in total. The molecule has 15 unspecified atom stereocenters. The fraction of sp³-hybridized carbons (Fsp3) is 0.917. The van der Waals surface area contributed by atoms with E-state index in [9.17, 15) is 25.2 Å². The molecule has 3 spiro atoms. The smallest absolute Gasteiger partial charge is 0.308 e. The second-order valence-corrected chi connectivity index (χ2v) is 27.6. The highest BCUT2D eigenvalue weighted by Crippen LogP contribution is 2.60. The maximum atomic E-state index is 14.6. The topological polar surface area (TPSA) is 236 Å². The van der Waals surface area contributed by atoms with E-state index in [-0.39, 0.29) is 116 Å². The van der Waals surface area contributed by atoms with E-state index in [2.05, 4.69) is 40.9 Å². The minimum absolute atomic E-state index is 0.0269. The molecule has 16 aliphatic heterocycles. The van der Waals surface area contributed by atoms with E-state index in [0.717, 1.165) is 36.8 Å². The number of ether oxygens (including phenoxy) is 15. The van der Waals surface area contributed by atoms with E-state index < -0.39 is 102 Å². The summed E-state index contributed by atoms with van der Waals surface area (Å²) in [5.74, 6) is -5.48. The van der Waals surface area contributed by atoms with E-state index >= 15 is 0 Å². The van der Waals surface area contributed by atoms with Crippen molar-refractivity contribution < 1.29 is 96.3 Å². The van der Waals surface area contributed by atoms with Crippen LogP contribution >= 0.6 is 0 Å². The molecule has 80 heavy (non-hydrogen) atoms. The molecule has 0 aromatic carbocycles. The second-order valence-electron chi connectivity index (χ2n) is 27.6. The molecular formula is C60H86O20. The van der Waals surface area contributed by atoms with Gasteiger partial charge in [0.05, 0.1) is 117 Å². The molecule has 20 heteroatoms. The van der Waals surface area contributed by atoms with E-state index in [1.165, 1.54) is 0 Å². The fourth-order valence-corrected chi connectivity index (χ4v) is 18.2. The first-order chi connectivity index (χ1) is 38.4. The number of aliphatic hydroxyl groups is 4. The standard InChI is InChI=1S/C60H86O20/c1-26-15-33-9-11-37-27(2)16-36(66-37)13-14-59-56(64)60(65)55(80-59)54-53(79-60)52(78-59)51-38(71-54)12-10-35(69-51)18-46(63)73-50-31(6)49-42(70-41(50)19-39(67-33)30(26)5)20-40-44(72-49)23-58(74-40)24-45-48(77-58)29(4)22-57(76-45)21-28(3)47-43(75-57)17-34(68-47)8-7-32(62)25-61/h26,28-29,31-45,47-56,61-62,64-65H,2,5,7-25H2,1,3-4,6H3/t26-,28+,29+,31+,32-,33+,34?,35?,36?,37?,38?,39?,40-,41+,42+,43?,44-,45?,47?,48?,49+,50?,51+,52?,53+,54?,55?,56?,57-,58+,59-,60+/m1/s1. The molecule has 0 aromatic rings. The molecule has 16 aliphatic rings. The van der Waals surface area contributed by atoms with Gasteiger partial charge in [-0.25, -0.2) is 0 Å². The number of aliphatic hydroxyl groups excluding tert-OH is 3. The van der Waals surface area contributed by atoms with Crippen molar-refractivity contribution in [1.82, 2.24) is 0 Å². The normalized spacial score (nSPS) is 58.1. The third-order valence-electron chi connectivity index (χ3n) is 22.1. The Morgan fingerprint density at radius 3 is 2.12 bits per heavy atom. The zero-order valence-electron chi connectivity index (χ0n) is 46.8. The summed E-state index contributed by atoms with van der Waals surface area (Å²) in [6.07, 6.45) is -0.984. The van der Waals surface area contributed by atoms with Gasteiger partial charge in [0.25, 0.3) is 0 Å². The number of esters is 1. The Labute approximate surface area is 468 Å². The number of fused-ring (bicyclic) bond motifs is 10. The van der Waals surface area contributed by atoms with Crippen LogP contribution in [0.3, 0.4) is 0 Å². The Bertz CT molecular complexity index is 2400. The SMILES string of the molecule is C=C1CC2CC[C@@]34OC5[C@@H]6O[C@@](O)(C(O3)C6OC3CCC(CC(=O)OC6[C@H](CC7O[C@@H](CCC1O2)C[C@@H](C)C7=C)O[C@H]1C[C@H]2O[C@@]7(CC8O[C@]9(C[C@H](C)C%10OC(CC[C@@H](O)CO)CC%10O9)C[C@H](C)C8O7)C[C@H]2O[C@H]1[C@@H]6C)O[C@@H]35)C4O. The monoisotopic (exact) mass is 1130 g/mol. The summed E-state index contributed by atoms with van der Waals surface area (Å²) < 4.78 is 102. The molecule has 16 heterocycles. The van der Waals surface area contributed by atoms with E-state index in [1.807, 2.05) is 0 Å². The average molecular weight is 1130 g/mol. The lowest BCUT2D eigenvalue weighted by Crippen LogP contribution is -2.63. The fourth-order valence-electron chi connectivity index (χ4n) is 18.2. The highest BCUT2D eigenvalue weighted by Gasteiger charge is 2.79. The Morgan fingerprint density at radius 1 is 0.575 bits per heavy atom. The third kappa shape index (κ3) is 9.06. The predicted octanol–water partition coefficient (Wildman–Crippen LogP) is 4.25. The van der Waals surface area contributed by atoms with Gasteiger partial charge in [0.15, 0.2) is 17.7 Å². The lowest BCUT2D eigenvalue weighted by molar-refractivity contribution is -0.347. The predicted molar refractivity (Wildman–Crippen MR) is 275 cm³/mol. The van der Waals surface area contributed by atoms with Gasteiger partial charge in [-0.05, 0) is 86.7 Å². The molecule has 0 radical (unpaired) electrons. The van der Waals surface area contributed by atoms with Crippen LogP contribution in [0.5, 0.6) is 0 Å². The molecule has 0 amide bonds. The first-order valence-corrected chi connectivity index (χ1v) is 31.0. The summed E-state index contributed by atoms with van der Waals surface area (Å²) in [7, 11) is 0. The van der Waals surface area contributed by atoms with Gasteiger partial charge >= 0.3 is 5.97 Å². The summed E-state index contributed by atoms with van der Waals surface area (Å²) in [5, 5.41) is 43.2. The Hall–Kier alpha value is -1.77. The van der Waals surface area contributed by atoms with Crippen molar-refractivity contribution in [3.8, 4) is 0 Å². The van der Waals surface area contributed by atoms with Crippen LogP contribution in [-0.2, 0) is 75.8 Å². The van der Waals surface area contributed by atoms with Gasteiger partial charge in [0.2, 0.25) is 11.6 Å². The first-order valence-electron chi connectivity index (χ1n) is 31.0. The number of hydrogen-bond acceptors (Lipinski definition) is 20. The maximum absolute atomic E-state index is 14.6. The quantitative estimate of drug-likeness (QED) is 0.228. The van der Waals surface area contributed by atoms with Gasteiger partial charge in [-0.2, -0.15) is 0 Å². The molecule has 16 saturated heterocycles. The lowest BCUT2D eigenvalue weighted by Gasteiger charge is -2.51. The first kappa shape index (κ1) is 54.9. The number of hydrogen-bond donors (Lipinski definition) is 4. The summed E-state index contributed by atoms with van der Waals surface area (Å²) in [6, 6.07) is 0. The van der Waals surface area contributed by atoms with Crippen molar-refractivity contribution in [3.05, 3.63) is 24.3 Å².